The maximum absolute atomic E-state index is 9.65. The zero-order valence-corrected chi connectivity index (χ0v) is 12.3. The van der Waals surface area contributed by atoms with E-state index in [2.05, 4.69) is 16.9 Å². The highest BCUT2D eigenvalue weighted by Crippen LogP contribution is 2.40. The van der Waals surface area contributed by atoms with Gasteiger partial charge < -0.3 is 9.84 Å². The van der Waals surface area contributed by atoms with Crippen LogP contribution in [-0.2, 0) is 10.3 Å². The molecule has 4 heteroatoms. The van der Waals surface area contributed by atoms with E-state index in [0.29, 0.717) is 0 Å². The molecule has 1 aromatic heterocycles. The molecule has 1 fully saturated rings. The van der Waals surface area contributed by atoms with Crippen molar-refractivity contribution in [3.8, 4) is 0 Å². The minimum Gasteiger partial charge on any atom is -0.389 e. The summed E-state index contributed by atoms with van der Waals surface area (Å²) < 4.78 is 5.78. The van der Waals surface area contributed by atoms with Crippen LogP contribution in [0.3, 0.4) is 0 Å². The van der Waals surface area contributed by atoms with E-state index in [-0.39, 0.29) is 5.60 Å². The molecule has 1 aliphatic carbocycles. The number of ether oxygens (including phenoxy) is 1. The number of aromatic nitrogens is 2. The van der Waals surface area contributed by atoms with Crippen LogP contribution in [0.4, 0.5) is 0 Å². The van der Waals surface area contributed by atoms with Gasteiger partial charge in [0.1, 0.15) is 5.60 Å². The van der Waals surface area contributed by atoms with Gasteiger partial charge in [0.15, 0.2) is 5.82 Å². The van der Waals surface area contributed by atoms with Gasteiger partial charge in [-0.25, -0.2) is 9.97 Å². The summed E-state index contributed by atoms with van der Waals surface area (Å²) in [6.45, 7) is 5.93. The van der Waals surface area contributed by atoms with Crippen LogP contribution in [0, 0.1) is 12.8 Å². The minimum atomic E-state index is -0.529. The first-order valence-electron chi connectivity index (χ1n) is 7.06. The second kappa shape index (κ2) is 5.55. The molecule has 1 aromatic rings. The molecule has 19 heavy (non-hydrogen) atoms. The number of hydrogen-bond acceptors (Lipinski definition) is 4. The molecule has 0 spiro atoms. The summed E-state index contributed by atoms with van der Waals surface area (Å²) in [5, 5.41) is 9.65. The number of rotatable bonds is 3. The summed E-state index contributed by atoms with van der Waals surface area (Å²) in [5.41, 5.74) is 1.29. The Hall–Kier alpha value is -1.00. The van der Waals surface area contributed by atoms with Crippen molar-refractivity contribution in [2.24, 2.45) is 5.92 Å². The van der Waals surface area contributed by atoms with Gasteiger partial charge in [-0.1, -0.05) is 6.92 Å². The highest BCUT2D eigenvalue weighted by molar-refractivity contribution is 5.20. The molecule has 0 amide bonds. The van der Waals surface area contributed by atoms with Crippen LogP contribution in [0.2, 0.25) is 0 Å². The second-order valence-corrected chi connectivity index (χ2v) is 5.79. The summed E-state index contributed by atoms with van der Waals surface area (Å²) in [6.07, 6.45) is 5.44. The van der Waals surface area contributed by atoms with E-state index in [9.17, 15) is 5.11 Å². The summed E-state index contributed by atoms with van der Waals surface area (Å²) in [5.74, 6) is 1.52. The van der Waals surface area contributed by atoms with Crippen LogP contribution in [0.1, 0.15) is 62.7 Å². The van der Waals surface area contributed by atoms with Crippen LogP contribution >= 0.6 is 0 Å². The highest BCUT2D eigenvalue weighted by atomic mass is 16.5. The topological polar surface area (TPSA) is 55.2 Å². The molecule has 1 heterocycles. The quantitative estimate of drug-likeness (QED) is 0.912. The fraction of sp³-hybridized carbons (Fsp3) is 0.733. The van der Waals surface area contributed by atoms with Crippen molar-refractivity contribution in [3.05, 3.63) is 23.3 Å². The van der Waals surface area contributed by atoms with Gasteiger partial charge >= 0.3 is 0 Å². The average Bonchev–Trinajstić information content (AvgIpc) is 2.39. The van der Waals surface area contributed by atoms with Crippen LogP contribution in [-0.4, -0.2) is 22.2 Å². The maximum atomic E-state index is 9.65. The molecule has 1 N–H and O–H groups in total. The standard InChI is InChI=1S/C15H24N2O2/c1-10-5-7-15(19-4,8-6-10)14-16-9-13(12(3)18)11(2)17-14/h9-10,12,18H,5-8H2,1-4H3/t10?,12-,15?/m0/s1. The van der Waals surface area contributed by atoms with Gasteiger partial charge in [-0.3, -0.25) is 0 Å². The lowest BCUT2D eigenvalue weighted by molar-refractivity contribution is -0.0599. The van der Waals surface area contributed by atoms with Crippen LogP contribution in [0.25, 0.3) is 0 Å². The maximum Gasteiger partial charge on any atom is 0.160 e. The number of methoxy groups -OCH3 is 1. The zero-order chi connectivity index (χ0) is 14.0. The van der Waals surface area contributed by atoms with Crippen molar-refractivity contribution >= 4 is 0 Å². The largest absolute Gasteiger partial charge is 0.389 e. The Morgan fingerprint density at radius 3 is 2.53 bits per heavy atom. The Morgan fingerprint density at radius 2 is 2.05 bits per heavy atom. The molecular formula is C15H24N2O2. The van der Waals surface area contributed by atoms with E-state index >= 15 is 0 Å². The molecule has 0 saturated heterocycles. The SMILES string of the molecule is COC1(c2ncc([C@H](C)O)c(C)n2)CCC(C)CC1. The van der Waals surface area contributed by atoms with Crippen LogP contribution < -0.4 is 0 Å². The average molecular weight is 264 g/mol. The summed E-state index contributed by atoms with van der Waals surface area (Å²) >= 11 is 0. The highest BCUT2D eigenvalue weighted by Gasteiger charge is 2.38. The van der Waals surface area contributed by atoms with E-state index in [4.69, 9.17) is 4.74 Å². The molecule has 0 bridgehead atoms. The third-order valence-electron chi connectivity index (χ3n) is 4.35. The lowest BCUT2D eigenvalue weighted by Crippen LogP contribution is -2.35. The van der Waals surface area contributed by atoms with Crippen molar-refractivity contribution in [1.29, 1.82) is 0 Å². The lowest BCUT2D eigenvalue weighted by atomic mass is 9.79. The summed E-state index contributed by atoms with van der Waals surface area (Å²) in [6, 6.07) is 0. The third-order valence-corrected chi connectivity index (χ3v) is 4.35. The van der Waals surface area contributed by atoms with E-state index in [0.717, 1.165) is 48.7 Å². The monoisotopic (exact) mass is 264 g/mol. The number of aliphatic hydroxyl groups is 1. The lowest BCUT2D eigenvalue weighted by Gasteiger charge is -2.37. The van der Waals surface area contributed by atoms with Gasteiger partial charge in [0.05, 0.1) is 6.10 Å². The first-order chi connectivity index (χ1) is 8.98. The van der Waals surface area contributed by atoms with Gasteiger partial charge in [-0.2, -0.15) is 0 Å². The van der Waals surface area contributed by atoms with Gasteiger partial charge in [-0.15, -0.1) is 0 Å². The third kappa shape index (κ3) is 2.79. The van der Waals surface area contributed by atoms with Gasteiger partial charge in [-0.05, 0) is 45.4 Å². The molecule has 0 aliphatic heterocycles. The molecule has 0 unspecified atom stereocenters. The second-order valence-electron chi connectivity index (χ2n) is 5.79. The zero-order valence-electron chi connectivity index (χ0n) is 12.3. The first-order valence-corrected chi connectivity index (χ1v) is 7.06. The summed E-state index contributed by atoms with van der Waals surface area (Å²) in [4.78, 5) is 9.05. The van der Waals surface area contributed by atoms with Crippen LogP contribution in [0.15, 0.2) is 6.20 Å². The Bertz CT molecular complexity index is 438. The number of nitrogens with zero attached hydrogens (tertiary/aromatic N) is 2. The molecule has 2 rings (SSSR count). The molecule has 4 nitrogen and oxygen atoms in total. The molecule has 1 saturated carbocycles. The van der Waals surface area contributed by atoms with E-state index in [1.165, 1.54) is 0 Å². The van der Waals surface area contributed by atoms with Crippen molar-refractivity contribution in [2.75, 3.05) is 7.11 Å². The number of aryl methyl sites for hydroxylation is 1. The molecule has 1 atom stereocenters. The van der Waals surface area contributed by atoms with Gasteiger partial charge in [0.25, 0.3) is 0 Å². The van der Waals surface area contributed by atoms with Gasteiger partial charge in [0, 0.05) is 24.6 Å². The minimum absolute atomic E-state index is 0.339. The fourth-order valence-electron chi connectivity index (χ4n) is 2.85. The smallest absolute Gasteiger partial charge is 0.160 e. The predicted molar refractivity (Wildman–Crippen MR) is 73.7 cm³/mol. The van der Waals surface area contributed by atoms with Crippen LogP contribution in [0.5, 0.6) is 0 Å². The molecule has 106 valence electrons. The summed E-state index contributed by atoms with van der Waals surface area (Å²) in [7, 11) is 1.75. The Labute approximate surface area is 115 Å². The Morgan fingerprint density at radius 1 is 1.42 bits per heavy atom. The number of hydrogen-bond donors (Lipinski definition) is 1. The van der Waals surface area contributed by atoms with E-state index < -0.39 is 6.10 Å². The first kappa shape index (κ1) is 14.4. The fourth-order valence-corrected chi connectivity index (χ4v) is 2.85. The van der Waals surface area contributed by atoms with Crippen molar-refractivity contribution in [3.63, 3.8) is 0 Å². The van der Waals surface area contributed by atoms with Crippen molar-refractivity contribution in [1.82, 2.24) is 9.97 Å². The Kier molecular flexibility index (Phi) is 4.21. The molecule has 0 radical (unpaired) electrons. The molecule has 0 aromatic carbocycles. The normalized spacial score (nSPS) is 29.2. The van der Waals surface area contributed by atoms with Gasteiger partial charge in [0.2, 0.25) is 0 Å². The molecular weight excluding hydrogens is 240 g/mol. The van der Waals surface area contributed by atoms with E-state index in [1.807, 2.05) is 6.92 Å². The Balaban J connectivity index is 2.31. The number of aliphatic hydroxyl groups excluding tert-OH is 1. The van der Waals surface area contributed by atoms with Crippen molar-refractivity contribution in [2.45, 2.75) is 58.2 Å². The molecule has 1 aliphatic rings. The van der Waals surface area contributed by atoms with Crippen molar-refractivity contribution < 1.29 is 9.84 Å². The predicted octanol–water partition coefficient (Wildman–Crippen LogP) is 2.89. The van der Waals surface area contributed by atoms with E-state index in [1.54, 1.807) is 20.2 Å².